The molecule has 6 nitrogen and oxygen atoms in total. The summed E-state index contributed by atoms with van der Waals surface area (Å²) in [6.07, 6.45) is 1.49. The number of carbonyl (C=O) groups excluding carboxylic acids is 1. The molecule has 0 spiro atoms. The van der Waals surface area contributed by atoms with E-state index in [0.717, 1.165) is 19.5 Å². The van der Waals surface area contributed by atoms with Gasteiger partial charge in [-0.25, -0.2) is 8.42 Å². The van der Waals surface area contributed by atoms with Crippen LogP contribution < -0.4 is 15.4 Å². The third kappa shape index (κ3) is 5.47. The zero-order valence-corrected chi connectivity index (χ0v) is 14.1. The Kier molecular flexibility index (Phi) is 7.12. The molecule has 0 aromatic heterocycles. The van der Waals surface area contributed by atoms with Gasteiger partial charge < -0.3 is 10.6 Å². The van der Waals surface area contributed by atoms with Crippen molar-refractivity contribution in [1.29, 1.82) is 0 Å². The van der Waals surface area contributed by atoms with Crippen molar-refractivity contribution in [2.24, 2.45) is 0 Å². The quantitative estimate of drug-likeness (QED) is 0.725. The van der Waals surface area contributed by atoms with Crippen molar-refractivity contribution >= 4 is 34.0 Å². The summed E-state index contributed by atoms with van der Waals surface area (Å²) in [4.78, 5) is 12.0. The van der Waals surface area contributed by atoms with Gasteiger partial charge in [0.15, 0.2) is 0 Å². The highest BCUT2D eigenvalue weighted by Crippen LogP contribution is 2.12. The van der Waals surface area contributed by atoms with Crippen molar-refractivity contribution in [3.63, 3.8) is 0 Å². The minimum atomic E-state index is -3.30. The molecule has 1 aliphatic heterocycles. The van der Waals surface area contributed by atoms with Crippen molar-refractivity contribution in [1.82, 2.24) is 10.6 Å². The van der Waals surface area contributed by atoms with Gasteiger partial charge in [0.1, 0.15) is 0 Å². The Hall–Kier alpha value is -1.31. The Labute approximate surface area is 137 Å². The van der Waals surface area contributed by atoms with Gasteiger partial charge in [0.2, 0.25) is 10.0 Å². The minimum Gasteiger partial charge on any atom is -0.348 e. The first-order valence-corrected chi connectivity index (χ1v) is 8.77. The van der Waals surface area contributed by atoms with Crippen molar-refractivity contribution in [2.75, 3.05) is 23.6 Å². The molecule has 22 heavy (non-hydrogen) atoms. The molecule has 1 unspecified atom stereocenters. The van der Waals surface area contributed by atoms with E-state index in [4.69, 9.17) is 0 Å². The maximum atomic E-state index is 12.0. The van der Waals surface area contributed by atoms with Crippen molar-refractivity contribution < 1.29 is 13.2 Å². The van der Waals surface area contributed by atoms with Crippen molar-refractivity contribution in [2.45, 2.75) is 25.8 Å². The van der Waals surface area contributed by atoms with Crippen LogP contribution in [0.1, 0.15) is 30.1 Å². The van der Waals surface area contributed by atoms with E-state index < -0.39 is 10.0 Å². The maximum Gasteiger partial charge on any atom is 0.251 e. The van der Waals surface area contributed by atoms with Crippen LogP contribution in [0.5, 0.6) is 0 Å². The monoisotopic (exact) mass is 347 g/mol. The van der Waals surface area contributed by atoms with Crippen LogP contribution in [-0.2, 0) is 10.0 Å². The van der Waals surface area contributed by atoms with E-state index in [0.29, 0.717) is 17.7 Å². The normalized spacial score (nSPS) is 17.6. The van der Waals surface area contributed by atoms with Crippen molar-refractivity contribution in [3.05, 3.63) is 29.8 Å². The molecule has 3 N–H and O–H groups in total. The van der Waals surface area contributed by atoms with Gasteiger partial charge in [-0.1, -0.05) is 6.92 Å². The smallest absolute Gasteiger partial charge is 0.251 e. The highest BCUT2D eigenvalue weighted by Gasteiger charge is 2.17. The molecule has 1 aromatic carbocycles. The molecule has 1 atom stereocenters. The van der Waals surface area contributed by atoms with Crippen LogP contribution >= 0.6 is 12.4 Å². The van der Waals surface area contributed by atoms with Crippen LogP contribution in [0, 0.1) is 0 Å². The van der Waals surface area contributed by atoms with E-state index in [-0.39, 0.29) is 30.1 Å². The van der Waals surface area contributed by atoms with Crippen LogP contribution in [0.25, 0.3) is 0 Å². The summed E-state index contributed by atoms with van der Waals surface area (Å²) in [5.41, 5.74) is 1.00. The van der Waals surface area contributed by atoms with Gasteiger partial charge in [0.05, 0.1) is 5.75 Å². The summed E-state index contributed by atoms with van der Waals surface area (Å²) in [6, 6.07) is 6.63. The molecule has 0 saturated carbocycles. The van der Waals surface area contributed by atoms with Gasteiger partial charge >= 0.3 is 0 Å². The summed E-state index contributed by atoms with van der Waals surface area (Å²) in [7, 11) is -3.30. The van der Waals surface area contributed by atoms with Crippen LogP contribution in [0.15, 0.2) is 24.3 Å². The summed E-state index contributed by atoms with van der Waals surface area (Å²) in [5, 5.41) is 6.13. The van der Waals surface area contributed by atoms with Crippen molar-refractivity contribution in [3.8, 4) is 0 Å². The third-order valence-electron chi connectivity index (χ3n) is 3.29. The number of nitrogens with one attached hydrogen (secondary N) is 3. The second kappa shape index (κ2) is 8.36. The van der Waals surface area contributed by atoms with Gasteiger partial charge in [-0.2, -0.15) is 0 Å². The van der Waals surface area contributed by atoms with Gasteiger partial charge in [0, 0.05) is 23.8 Å². The Morgan fingerprint density at radius 3 is 2.55 bits per heavy atom. The molecule has 1 aliphatic rings. The minimum absolute atomic E-state index is 0. The topological polar surface area (TPSA) is 87.3 Å². The summed E-state index contributed by atoms with van der Waals surface area (Å²) >= 11 is 0. The van der Waals surface area contributed by atoms with Gasteiger partial charge in [-0.3, -0.25) is 9.52 Å². The molecule has 1 amide bonds. The number of hydrogen-bond donors (Lipinski definition) is 3. The van der Waals surface area contributed by atoms with E-state index in [2.05, 4.69) is 15.4 Å². The molecule has 1 fully saturated rings. The standard InChI is InChI=1S/C14H21N3O3S.ClH/c1-2-9-21(19,20)17-12-5-3-11(4-6-12)14(18)16-13-7-8-15-10-13;/h3-6,13,15,17H,2,7-10H2,1H3,(H,16,18);1H. The molecule has 0 bridgehead atoms. The average molecular weight is 348 g/mol. The van der Waals surface area contributed by atoms with Gasteiger partial charge in [-0.05, 0) is 43.7 Å². The molecule has 1 saturated heterocycles. The molecule has 1 aromatic rings. The number of rotatable bonds is 6. The largest absolute Gasteiger partial charge is 0.348 e. The molecule has 2 rings (SSSR count). The predicted octanol–water partition coefficient (Wildman–Crippen LogP) is 1.35. The zero-order chi connectivity index (χ0) is 15.3. The third-order valence-corrected chi connectivity index (χ3v) is 4.78. The highest BCUT2D eigenvalue weighted by atomic mass is 35.5. The SMILES string of the molecule is CCCS(=O)(=O)Nc1ccc(C(=O)NC2CCNC2)cc1.Cl. The Bertz CT molecular complexity index is 584. The van der Waals surface area contributed by atoms with E-state index in [1.54, 1.807) is 24.3 Å². The fourth-order valence-electron chi connectivity index (χ4n) is 2.24. The molecule has 1 heterocycles. The number of anilines is 1. The van der Waals surface area contributed by atoms with Crippen LogP contribution in [0.2, 0.25) is 0 Å². The second-order valence-electron chi connectivity index (χ2n) is 5.16. The van der Waals surface area contributed by atoms with E-state index >= 15 is 0 Å². The number of carbonyl (C=O) groups is 1. The Balaban J connectivity index is 0.00000242. The first kappa shape index (κ1) is 18.7. The van der Waals surface area contributed by atoms with Gasteiger partial charge in [0.25, 0.3) is 5.91 Å². The highest BCUT2D eigenvalue weighted by molar-refractivity contribution is 7.92. The fraction of sp³-hybridized carbons (Fsp3) is 0.500. The number of amides is 1. The molecule has 8 heteroatoms. The predicted molar refractivity (Wildman–Crippen MR) is 90.1 cm³/mol. The number of benzene rings is 1. The lowest BCUT2D eigenvalue weighted by molar-refractivity contribution is 0.0940. The Morgan fingerprint density at radius 2 is 2.00 bits per heavy atom. The maximum absolute atomic E-state index is 12.0. The zero-order valence-electron chi connectivity index (χ0n) is 12.5. The molecule has 124 valence electrons. The number of sulfonamides is 1. The summed E-state index contributed by atoms with van der Waals surface area (Å²) in [6.45, 7) is 3.52. The molecule has 0 aliphatic carbocycles. The number of hydrogen-bond acceptors (Lipinski definition) is 4. The average Bonchev–Trinajstić information content (AvgIpc) is 2.91. The van der Waals surface area contributed by atoms with Crippen LogP contribution in [0.4, 0.5) is 5.69 Å². The fourth-order valence-corrected chi connectivity index (χ4v) is 3.37. The van der Waals surface area contributed by atoms with E-state index in [1.807, 2.05) is 6.92 Å². The lowest BCUT2D eigenvalue weighted by Crippen LogP contribution is -2.36. The lowest BCUT2D eigenvalue weighted by atomic mass is 10.1. The summed E-state index contributed by atoms with van der Waals surface area (Å²) < 4.78 is 25.8. The lowest BCUT2D eigenvalue weighted by Gasteiger charge is -2.12. The molecular formula is C14H22ClN3O3S. The first-order valence-electron chi connectivity index (χ1n) is 7.12. The first-order chi connectivity index (χ1) is 10.00. The van der Waals surface area contributed by atoms with E-state index in [9.17, 15) is 13.2 Å². The number of halogens is 1. The van der Waals surface area contributed by atoms with Gasteiger partial charge in [-0.15, -0.1) is 12.4 Å². The van der Waals surface area contributed by atoms with E-state index in [1.165, 1.54) is 0 Å². The second-order valence-corrected chi connectivity index (χ2v) is 7.00. The summed E-state index contributed by atoms with van der Waals surface area (Å²) in [5.74, 6) is -0.0455. The van der Waals surface area contributed by atoms with Crippen LogP contribution in [-0.4, -0.2) is 39.2 Å². The Morgan fingerprint density at radius 1 is 1.32 bits per heavy atom. The molecule has 0 radical (unpaired) electrons. The van der Waals surface area contributed by atoms with Crippen LogP contribution in [0.3, 0.4) is 0 Å². The molecular weight excluding hydrogens is 326 g/mol.